The molecule has 270 valence electrons. The first-order valence-corrected chi connectivity index (χ1v) is 28.0. The van der Waals surface area contributed by atoms with Crippen molar-refractivity contribution in [2.24, 2.45) is 0 Å². The number of hydrogen-bond acceptors (Lipinski definition) is 6. The van der Waals surface area contributed by atoms with Gasteiger partial charge in [-0.15, -0.1) is 0 Å². The van der Waals surface area contributed by atoms with Crippen LogP contribution in [0.3, 0.4) is 0 Å². The van der Waals surface area contributed by atoms with Crippen molar-refractivity contribution >= 4 is 30.1 Å². The molecule has 0 N–H and O–H groups in total. The van der Waals surface area contributed by atoms with Gasteiger partial charge in [-0.05, 0) is 0 Å². The number of thioether (sulfide) groups is 1. The first kappa shape index (κ1) is 40.4. The van der Waals surface area contributed by atoms with Gasteiger partial charge in [0.2, 0.25) is 0 Å². The number of ether oxygens (including phenoxy) is 5. The number of hydrogen-bond donors (Lipinski definition) is 0. The third kappa shape index (κ3) is 13.6. The van der Waals surface area contributed by atoms with Crippen molar-refractivity contribution in [2.45, 2.75) is 129 Å². The standard InChI is InChI=1S/C30H35O5S.3C4H9.Sn/c1-3-36-30-29(31-2)28(34-21-25-17-11-6-12-18-25)27(33-20-24-15-9-5-10-16-24)26(35-30)22-32-19-23-13-7-4-8-14-23;3*1-3-4-2;/h4-18,26-30H,2-3,19-22H2,1H3;3*1,3-4H2,2H3;/t26-,27-,28+,29+,30-;;;;/m1..../s1. The summed E-state index contributed by atoms with van der Waals surface area (Å²) in [7, 11) is 0. The van der Waals surface area contributed by atoms with E-state index in [9.17, 15) is 0 Å². The zero-order valence-electron chi connectivity index (χ0n) is 30.6. The first-order valence-electron chi connectivity index (χ1n) is 18.9. The van der Waals surface area contributed by atoms with E-state index in [0.29, 0.717) is 26.4 Å². The van der Waals surface area contributed by atoms with Crippen LogP contribution in [0, 0.1) is 0 Å². The van der Waals surface area contributed by atoms with Crippen LogP contribution in [0.25, 0.3) is 0 Å². The van der Waals surface area contributed by atoms with Gasteiger partial charge in [0.15, 0.2) is 0 Å². The summed E-state index contributed by atoms with van der Waals surface area (Å²) >= 11 is -0.807. The van der Waals surface area contributed by atoms with Gasteiger partial charge < -0.3 is 0 Å². The molecule has 1 aliphatic rings. The van der Waals surface area contributed by atoms with Gasteiger partial charge in [-0.1, -0.05) is 6.07 Å². The SMILES string of the molecule is CCC[CH2][Sn]([CH2]CCC)([CH2]CCC)[CH2]O[C@H]1[C@@H](OCc2ccccc2)[C@H](OCc2ccccc2)[C@@H](COCc2ccccc2)O[C@@H]1SCC. The van der Waals surface area contributed by atoms with Gasteiger partial charge in [0, 0.05) is 0 Å². The average Bonchev–Trinajstić information content (AvgIpc) is 3.14. The Morgan fingerprint density at radius 1 is 0.571 bits per heavy atom. The van der Waals surface area contributed by atoms with Crippen molar-refractivity contribution in [3.63, 3.8) is 0 Å². The predicted molar refractivity (Wildman–Crippen MR) is 208 cm³/mol. The zero-order valence-corrected chi connectivity index (χ0v) is 34.3. The molecule has 0 bridgehead atoms. The fourth-order valence-corrected chi connectivity index (χ4v) is 22.2. The third-order valence-corrected chi connectivity index (χ3v) is 25.0. The molecule has 1 heterocycles. The molecule has 1 fully saturated rings. The molecular weight excluding hydrogens is 735 g/mol. The molecule has 0 saturated carbocycles. The number of unbranched alkanes of at least 4 members (excludes halogenated alkanes) is 3. The van der Waals surface area contributed by atoms with Gasteiger partial charge in [-0.2, -0.15) is 0 Å². The van der Waals surface area contributed by atoms with Crippen LogP contribution in [0.1, 0.15) is 82.9 Å². The van der Waals surface area contributed by atoms with Crippen LogP contribution in [0.15, 0.2) is 91.0 Å². The molecule has 1 aliphatic heterocycles. The normalized spacial score (nSPS) is 21.2. The van der Waals surface area contributed by atoms with Crippen molar-refractivity contribution in [3.8, 4) is 0 Å². The van der Waals surface area contributed by atoms with Crippen molar-refractivity contribution in [3.05, 3.63) is 108 Å². The summed E-state index contributed by atoms with van der Waals surface area (Å²) in [6.07, 6.45) is 6.51. The summed E-state index contributed by atoms with van der Waals surface area (Å²) in [4.78, 5) is 0. The Bertz CT molecular complexity index is 1230. The van der Waals surface area contributed by atoms with Gasteiger partial charge in [0.25, 0.3) is 0 Å². The van der Waals surface area contributed by atoms with Crippen molar-refractivity contribution < 1.29 is 23.7 Å². The van der Waals surface area contributed by atoms with E-state index in [0.717, 1.165) is 27.1 Å². The van der Waals surface area contributed by atoms with E-state index in [4.69, 9.17) is 23.7 Å². The van der Waals surface area contributed by atoms with Crippen LogP contribution < -0.4 is 0 Å². The second-order valence-corrected chi connectivity index (χ2v) is 28.7. The van der Waals surface area contributed by atoms with Crippen LogP contribution in [-0.4, -0.2) is 65.2 Å². The van der Waals surface area contributed by atoms with E-state index >= 15 is 0 Å². The molecule has 0 unspecified atom stereocenters. The van der Waals surface area contributed by atoms with E-state index in [-0.39, 0.29) is 29.9 Å². The van der Waals surface area contributed by atoms with E-state index < -0.39 is 18.4 Å². The molecule has 5 nitrogen and oxygen atoms in total. The second kappa shape index (κ2) is 23.2. The number of benzene rings is 3. The zero-order chi connectivity index (χ0) is 34.6. The Morgan fingerprint density at radius 2 is 1.04 bits per heavy atom. The van der Waals surface area contributed by atoms with Crippen LogP contribution in [0.2, 0.25) is 13.3 Å². The van der Waals surface area contributed by atoms with Gasteiger partial charge in [0.1, 0.15) is 0 Å². The molecule has 3 aromatic rings. The van der Waals surface area contributed by atoms with Crippen LogP contribution in [0.4, 0.5) is 0 Å². The van der Waals surface area contributed by atoms with Gasteiger partial charge in [-0.25, -0.2) is 0 Å². The molecule has 0 spiro atoms. The van der Waals surface area contributed by atoms with E-state index in [1.807, 2.05) is 23.9 Å². The molecular formula is C42H62O5SSn. The Labute approximate surface area is 306 Å². The summed E-state index contributed by atoms with van der Waals surface area (Å²) in [5, 5.41) is 0. The summed E-state index contributed by atoms with van der Waals surface area (Å²) in [6, 6.07) is 31.2. The van der Waals surface area contributed by atoms with Crippen LogP contribution in [-0.2, 0) is 43.5 Å². The third-order valence-electron chi connectivity index (χ3n) is 9.65. The molecule has 3 aromatic carbocycles. The Kier molecular flexibility index (Phi) is 19.1. The Morgan fingerprint density at radius 3 is 1.51 bits per heavy atom. The molecule has 49 heavy (non-hydrogen) atoms. The fraction of sp³-hybridized carbons (Fsp3) is 0.571. The Balaban J connectivity index is 1.65. The quantitative estimate of drug-likeness (QED) is 0.0842. The first-order chi connectivity index (χ1) is 24.1. The summed E-state index contributed by atoms with van der Waals surface area (Å²) in [5.74, 6) is 0.930. The molecule has 0 amide bonds. The van der Waals surface area contributed by atoms with Gasteiger partial charge in [0.05, 0.1) is 0 Å². The average molecular weight is 798 g/mol. The topological polar surface area (TPSA) is 46.2 Å². The minimum atomic E-state index is -2.63. The van der Waals surface area contributed by atoms with Crippen LogP contribution in [0.5, 0.6) is 0 Å². The fourth-order valence-electron chi connectivity index (χ4n) is 6.80. The molecule has 5 atom stereocenters. The molecule has 0 aromatic heterocycles. The summed E-state index contributed by atoms with van der Waals surface area (Å²) in [5.41, 5.74) is 3.26. The number of rotatable bonds is 24. The van der Waals surface area contributed by atoms with Crippen molar-refractivity contribution in [2.75, 3.05) is 17.0 Å². The molecule has 7 heteroatoms. The molecule has 4 rings (SSSR count). The van der Waals surface area contributed by atoms with E-state index in [1.165, 1.54) is 51.8 Å². The Hall–Kier alpha value is -1.39. The maximum absolute atomic E-state index is 7.31. The van der Waals surface area contributed by atoms with Crippen molar-refractivity contribution in [1.82, 2.24) is 0 Å². The summed E-state index contributed by atoms with van der Waals surface area (Å²) < 4.78 is 39.7. The van der Waals surface area contributed by atoms with E-state index in [1.54, 1.807) is 0 Å². The second-order valence-electron chi connectivity index (χ2n) is 13.6. The molecule has 0 aliphatic carbocycles. The summed E-state index contributed by atoms with van der Waals surface area (Å²) in [6.45, 7) is 11.1. The van der Waals surface area contributed by atoms with Crippen molar-refractivity contribution in [1.29, 1.82) is 0 Å². The molecule has 1 saturated heterocycles. The van der Waals surface area contributed by atoms with Crippen LogP contribution >= 0.6 is 11.8 Å². The maximum atomic E-state index is 7.31. The monoisotopic (exact) mass is 798 g/mol. The van der Waals surface area contributed by atoms with E-state index in [2.05, 4.69) is 107 Å². The van der Waals surface area contributed by atoms with Gasteiger partial charge in [-0.3, -0.25) is 0 Å². The minimum absolute atomic E-state index is 0.166. The molecule has 0 radical (unpaired) electrons. The predicted octanol–water partition coefficient (Wildman–Crippen LogP) is 10.6. The van der Waals surface area contributed by atoms with Gasteiger partial charge >= 0.3 is 302 Å².